The van der Waals surface area contributed by atoms with Gasteiger partial charge in [-0.3, -0.25) is 9.82 Å². The lowest BCUT2D eigenvalue weighted by atomic mass is 10.2. The van der Waals surface area contributed by atoms with Crippen molar-refractivity contribution in [1.29, 1.82) is 0 Å². The number of hydrogen-bond acceptors (Lipinski definition) is 3. The van der Waals surface area contributed by atoms with Gasteiger partial charge in [-0.25, -0.2) is 8.42 Å². The van der Waals surface area contributed by atoms with E-state index < -0.39 is 10.0 Å². The summed E-state index contributed by atoms with van der Waals surface area (Å²) in [5, 5.41) is 7.45. The number of aryl methyl sites for hydroxylation is 1. The van der Waals surface area contributed by atoms with Crippen LogP contribution in [0, 0.1) is 0 Å². The van der Waals surface area contributed by atoms with Crippen LogP contribution < -0.4 is 4.72 Å². The first-order chi connectivity index (χ1) is 10.1. The van der Waals surface area contributed by atoms with Gasteiger partial charge in [0.25, 0.3) is 10.0 Å². The molecule has 0 amide bonds. The number of rotatable bonds is 4. The maximum atomic E-state index is 12.4. The molecule has 3 rings (SSSR count). The number of aromatic nitrogens is 2. The van der Waals surface area contributed by atoms with E-state index in [1.165, 1.54) is 0 Å². The van der Waals surface area contributed by atoms with Crippen molar-refractivity contribution < 1.29 is 8.42 Å². The summed E-state index contributed by atoms with van der Waals surface area (Å²) in [6.45, 7) is 2.05. The van der Waals surface area contributed by atoms with Gasteiger partial charge in [0.1, 0.15) is 0 Å². The lowest BCUT2D eigenvalue weighted by Gasteiger charge is -2.08. The molecule has 0 spiro atoms. The Morgan fingerprint density at radius 3 is 2.62 bits per heavy atom. The molecule has 21 heavy (non-hydrogen) atoms. The largest absolute Gasteiger partial charge is 0.280 e. The molecular weight excluding hydrogens is 286 g/mol. The van der Waals surface area contributed by atoms with E-state index in [9.17, 15) is 8.42 Å². The second-order valence-electron chi connectivity index (χ2n) is 4.78. The Kier molecular flexibility index (Phi) is 3.39. The highest BCUT2D eigenvalue weighted by Gasteiger charge is 2.15. The number of hydrogen-bond donors (Lipinski definition) is 2. The fourth-order valence-electron chi connectivity index (χ4n) is 2.11. The Bertz CT molecular complexity index is 867. The van der Waals surface area contributed by atoms with Gasteiger partial charge in [0, 0.05) is 11.1 Å². The van der Waals surface area contributed by atoms with Crippen molar-refractivity contribution in [3.8, 4) is 0 Å². The SMILES string of the molecule is CCc1ccc(NS(=O)(=O)c2ccc3[nH]ncc3c2)cc1. The normalized spacial score (nSPS) is 11.7. The van der Waals surface area contributed by atoms with Gasteiger partial charge in [0.2, 0.25) is 0 Å². The molecule has 3 aromatic rings. The van der Waals surface area contributed by atoms with Crippen LogP contribution in [-0.4, -0.2) is 18.6 Å². The number of nitrogens with one attached hydrogen (secondary N) is 2. The quantitative estimate of drug-likeness (QED) is 0.778. The van der Waals surface area contributed by atoms with E-state index in [-0.39, 0.29) is 4.90 Å². The van der Waals surface area contributed by atoms with Gasteiger partial charge >= 0.3 is 0 Å². The van der Waals surface area contributed by atoms with Crippen molar-refractivity contribution in [2.45, 2.75) is 18.2 Å². The van der Waals surface area contributed by atoms with Gasteiger partial charge in [-0.15, -0.1) is 0 Å². The average molecular weight is 301 g/mol. The number of anilines is 1. The summed E-state index contributed by atoms with van der Waals surface area (Å²) in [6.07, 6.45) is 2.52. The van der Waals surface area contributed by atoms with Crippen molar-refractivity contribution in [1.82, 2.24) is 10.2 Å². The number of H-pyrrole nitrogens is 1. The Balaban J connectivity index is 1.91. The summed E-state index contributed by atoms with van der Waals surface area (Å²) in [6, 6.07) is 12.2. The number of sulfonamides is 1. The van der Waals surface area contributed by atoms with Crippen LogP contribution in [0.5, 0.6) is 0 Å². The number of nitrogens with zero attached hydrogens (tertiary/aromatic N) is 1. The van der Waals surface area contributed by atoms with Crippen molar-refractivity contribution in [2.24, 2.45) is 0 Å². The molecule has 108 valence electrons. The minimum absolute atomic E-state index is 0.218. The highest BCUT2D eigenvalue weighted by Crippen LogP contribution is 2.20. The van der Waals surface area contributed by atoms with E-state index in [4.69, 9.17) is 0 Å². The van der Waals surface area contributed by atoms with E-state index >= 15 is 0 Å². The van der Waals surface area contributed by atoms with Crippen LogP contribution in [0.4, 0.5) is 5.69 Å². The Morgan fingerprint density at radius 1 is 1.14 bits per heavy atom. The lowest BCUT2D eigenvalue weighted by molar-refractivity contribution is 0.601. The minimum atomic E-state index is -3.59. The molecule has 0 saturated heterocycles. The van der Waals surface area contributed by atoms with Crippen LogP contribution in [0.2, 0.25) is 0 Å². The lowest BCUT2D eigenvalue weighted by Crippen LogP contribution is -2.12. The molecule has 0 aliphatic heterocycles. The topological polar surface area (TPSA) is 74.8 Å². The molecule has 1 heterocycles. The number of benzene rings is 2. The highest BCUT2D eigenvalue weighted by atomic mass is 32.2. The van der Waals surface area contributed by atoms with Crippen LogP contribution in [0.25, 0.3) is 10.9 Å². The molecule has 0 unspecified atom stereocenters. The third kappa shape index (κ3) is 2.75. The van der Waals surface area contributed by atoms with E-state index in [2.05, 4.69) is 21.8 Å². The maximum absolute atomic E-state index is 12.4. The van der Waals surface area contributed by atoms with Crippen molar-refractivity contribution in [3.63, 3.8) is 0 Å². The summed E-state index contributed by atoms with van der Waals surface area (Å²) >= 11 is 0. The molecule has 0 aliphatic carbocycles. The first-order valence-electron chi connectivity index (χ1n) is 6.63. The van der Waals surface area contributed by atoms with E-state index in [0.29, 0.717) is 5.69 Å². The average Bonchev–Trinajstić information content (AvgIpc) is 2.95. The third-order valence-corrected chi connectivity index (χ3v) is 4.72. The molecule has 5 nitrogen and oxygen atoms in total. The first-order valence-corrected chi connectivity index (χ1v) is 8.12. The third-order valence-electron chi connectivity index (χ3n) is 3.34. The van der Waals surface area contributed by atoms with Crippen LogP contribution in [0.1, 0.15) is 12.5 Å². The fraction of sp³-hybridized carbons (Fsp3) is 0.133. The fourth-order valence-corrected chi connectivity index (χ4v) is 3.20. The zero-order valence-electron chi connectivity index (χ0n) is 11.5. The molecule has 2 N–H and O–H groups in total. The van der Waals surface area contributed by atoms with E-state index in [1.54, 1.807) is 36.5 Å². The van der Waals surface area contributed by atoms with Crippen molar-refractivity contribution in [3.05, 3.63) is 54.2 Å². The smallest absolute Gasteiger partial charge is 0.261 e. The molecule has 2 aromatic carbocycles. The Morgan fingerprint density at radius 2 is 1.90 bits per heavy atom. The Labute approximate surface area is 123 Å². The molecule has 6 heteroatoms. The zero-order valence-corrected chi connectivity index (χ0v) is 12.3. The summed E-state index contributed by atoms with van der Waals surface area (Å²) < 4.78 is 27.3. The monoisotopic (exact) mass is 301 g/mol. The maximum Gasteiger partial charge on any atom is 0.261 e. The standard InChI is InChI=1S/C15H15N3O2S/c1-2-11-3-5-13(6-4-11)18-21(19,20)14-7-8-15-12(9-14)10-16-17-15/h3-10,18H,2H2,1H3,(H,16,17). The summed E-state index contributed by atoms with van der Waals surface area (Å²) in [7, 11) is -3.59. The molecule has 1 aromatic heterocycles. The summed E-state index contributed by atoms with van der Waals surface area (Å²) in [4.78, 5) is 0.218. The van der Waals surface area contributed by atoms with E-state index in [1.807, 2.05) is 12.1 Å². The van der Waals surface area contributed by atoms with Crippen molar-refractivity contribution >= 4 is 26.6 Å². The summed E-state index contributed by atoms with van der Waals surface area (Å²) in [5.41, 5.74) is 2.53. The van der Waals surface area contributed by atoms with Gasteiger partial charge in [-0.2, -0.15) is 5.10 Å². The predicted molar refractivity (Wildman–Crippen MR) is 82.7 cm³/mol. The van der Waals surface area contributed by atoms with Gasteiger partial charge in [-0.1, -0.05) is 19.1 Å². The summed E-state index contributed by atoms with van der Waals surface area (Å²) in [5.74, 6) is 0. The van der Waals surface area contributed by atoms with Gasteiger partial charge < -0.3 is 0 Å². The predicted octanol–water partition coefficient (Wildman–Crippen LogP) is 2.93. The molecule has 0 radical (unpaired) electrons. The molecular formula is C15H15N3O2S. The van der Waals surface area contributed by atoms with Crippen LogP contribution in [0.3, 0.4) is 0 Å². The molecule has 0 aliphatic rings. The first kappa shape index (κ1) is 13.6. The van der Waals surface area contributed by atoms with Crippen LogP contribution in [-0.2, 0) is 16.4 Å². The van der Waals surface area contributed by atoms with Gasteiger partial charge in [0.05, 0.1) is 16.6 Å². The molecule has 0 fully saturated rings. The minimum Gasteiger partial charge on any atom is -0.280 e. The van der Waals surface area contributed by atoms with Crippen LogP contribution >= 0.6 is 0 Å². The van der Waals surface area contributed by atoms with Gasteiger partial charge in [-0.05, 0) is 42.3 Å². The highest BCUT2D eigenvalue weighted by molar-refractivity contribution is 7.92. The Hall–Kier alpha value is -2.34. The zero-order chi connectivity index (χ0) is 14.9. The number of fused-ring (bicyclic) bond motifs is 1. The van der Waals surface area contributed by atoms with Crippen molar-refractivity contribution in [2.75, 3.05) is 4.72 Å². The molecule has 0 bridgehead atoms. The van der Waals surface area contributed by atoms with E-state index in [0.717, 1.165) is 22.9 Å². The second-order valence-corrected chi connectivity index (χ2v) is 6.46. The molecule has 0 saturated carbocycles. The number of aromatic amines is 1. The molecule has 0 atom stereocenters. The van der Waals surface area contributed by atoms with Gasteiger partial charge in [0.15, 0.2) is 0 Å². The van der Waals surface area contributed by atoms with Crippen LogP contribution in [0.15, 0.2) is 53.6 Å². The second kappa shape index (κ2) is 5.21.